The van der Waals surface area contributed by atoms with Gasteiger partial charge in [0.1, 0.15) is 10.8 Å². The van der Waals surface area contributed by atoms with Crippen molar-refractivity contribution in [2.24, 2.45) is 5.41 Å². The van der Waals surface area contributed by atoms with E-state index in [1.54, 1.807) is 6.07 Å². The van der Waals surface area contributed by atoms with E-state index in [1.165, 1.54) is 12.8 Å². The summed E-state index contributed by atoms with van der Waals surface area (Å²) in [5.41, 5.74) is 0.589. The van der Waals surface area contributed by atoms with Gasteiger partial charge in [0.25, 0.3) is 5.91 Å². The maximum atomic E-state index is 12.7. The second-order valence-corrected chi connectivity index (χ2v) is 7.18. The fraction of sp³-hybridized carbons (Fsp3) is 0.688. The van der Waals surface area contributed by atoms with Crippen LogP contribution in [0.25, 0.3) is 0 Å². The van der Waals surface area contributed by atoms with Gasteiger partial charge >= 0.3 is 0 Å². The zero-order chi connectivity index (χ0) is 15.9. The third-order valence-electron chi connectivity index (χ3n) is 5.39. The maximum absolute atomic E-state index is 12.7. The maximum Gasteiger partial charge on any atom is 0.270 e. The van der Waals surface area contributed by atoms with E-state index in [-0.39, 0.29) is 23.5 Å². The van der Waals surface area contributed by atoms with Crippen molar-refractivity contribution in [3.63, 3.8) is 0 Å². The number of aromatic nitrogens is 1. The molecule has 22 heavy (non-hydrogen) atoms. The Bertz CT molecular complexity index is 547. The van der Waals surface area contributed by atoms with Gasteiger partial charge in [-0.15, -0.1) is 0 Å². The van der Waals surface area contributed by atoms with Crippen molar-refractivity contribution in [3.8, 4) is 0 Å². The quantitative estimate of drug-likeness (QED) is 0.892. The number of rotatable bonds is 4. The normalized spacial score (nSPS) is 26.2. The number of H-pyrrole nitrogens is 1. The molecule has 122 valence electrons. The summed E-state index contributed by atoms with van der Waals surface area (Å²) in [6, 6.07) is 1.84. The minimum absolute atomic E-state index is 0.0555. The number of hydrogen-bond acceptors (Lipinski definition) is 2. The molecule has 0 aromatic carbocycles. The molecule has 2 fully saturated rings. The van der Waals surface area contributed by atoms with Gasteiger partial charge < -0.3 is 14.6 Å². The molecule has 0 bridgehead atoms. The SMILES string of the molecule is CCO[C@H]1C[C@H](N(C)C(=O)c2cc(Cl)c(Cl)[nH]2)C12CCCC2. The minimum Gasteiger partial charge on any atom is -0.378 e. The number of halogens is 2. The van der Waals surface area contributed by atoms with Crippen molar-refractivity contribution in [2.45, 2.75) is 51.2 Å². The summed E-state index contributed by atoms with van der Waals surface area (Å²) in [5.74, 6) is -0.0555. The van der Waals surface area contributed by atoms with Gasteiger partial charge in [0.05, 0.1) is 11.1 Å². The van der Waals surface area contributed by atoms with Gasteiger partial charge in [-0.2, -0.15) is 0 Å². The van der Waals surface area contributed by atoms with Crippen LogP contribution in [0.1, 0.15) is 49.5 Å². The van der Waals surface area contributed by atoms with E-state index in [2.05, 4.69) is 4.98 Å². The molecule has 1 spiro atoms. The fourth-order valence-corrected chi connectivity index (χ4v) is 4.56. The number of aromatic amines is 1. The molecule has 0 unspecified atom stereocenters. The second-order valence-electron chi connectivity index (χ2n) is 6.40. The van der Waals surface area contributed by atoms with Gasteiger partial charge in [0.2, 0.25) is 0 Å². The van der Waals surface area contributed by atoms with Gasteiger partial charge in [0.15, 0.2) is 0 Å². The highest BCUT2D eigenvalue weighted by molar-refractivity contribution is 6.41. The zero-order valence-corrected chi connectivity index (χ0v) is 14.5. The number of hydrogen-bond donors (Lipinski definition) is 1. The molecule has 0 aliphatic heterocycles. The molecule has 3 rings (SSSR count). The van der Waals surface area contributed by atoms with E-state index in [0.717, 1.165) is 25.9 Å². The molecule has 1 aromatic rings. The van der Waals surface area contributed by atoms with Gasteiger partial charge in [0, 0.05) is 25.1 Å². The molecule has 0 radical (unpaired) electrons. The lowest BCUT2D eigenvalue weighted by Crippen LogP contribution is -2.64. The Labute approximate surface area is 141 Å². The van der Waals surface area contributed by atoms with Gasteiger partial charge in [-0.3, -0.25) is 4.79 Å². The van der Waals surface area contributed by atoms with Crippen LogP contribution in [-0.4, -0.2) is 41.6 Å². The van der Waals surface area contributed by atoms with Gasteiger partial charge in [-0.25, -0.2) is 0 Å². The van der Waals surface area contributed by atoms with E-state index in [9.17, 15) is 4.79 Å². The standard InChI is InChI=1S/C16H22Cl2N2O2/c1-3-22-13-9-12(16(13)6-4-5-7-16)20(2)15(21)11-8-10(17)14(18)19-11/h8,12-13,19H,3-7,9H2,1-2H3/t12-,13-/m0/s1. The van der Waals surface area contributed by atoms with Crippen molar-refractivity contribution < 1.29 is 9.53 Å². The summed E-state index contributed by atoms with van der Waals surface area (Å²) >= 11 is 11.8. The smallest absolute Gasteiger partial charge is 0.270 e. The third-order valence-corrected chi connectivity index (χ3v) is 6.08. The first kappa shape index (κ1) is 16.2. The summed E-state index contributed by atoms with van der Waals surface area (Å²) in [5, 5.41) is 0.699. The molecular weight excluding hydrogens is 323 g/mol. The fourth-order valence-electron chi connectivity index (χ4n) is 4.24. The topological polar surface area (TPSA) is 45.3 Å². The van der Waals surface area contributed by atoms with E-state index in [0.29, 0.717) is 15.9 Å². The highest BCUT2D eigenvalue weighted by Gasteiger charge is 2.58. The molecular formula is C16H22Cl2N2O2. The molecule has 2 saturated carbocycles. The van der Waals surface area contributed by atoms with Crippen LogP contribution in [0.5, 0.6) is 0 Å². The first-order valence-electron chi connectivity index (χ1n) is 7.92. The predicted molar refractivity (Wildman–Crippen MR) is 87.6 cm³/mol. The first-order valence-corrected chi connectivity index (χ1v) is 8.68. The zero-order valence-electron chi connectivity index (χ0n) is 13.0. The highest BCUT2D eigenvalue weighted by Crippen LogP contribution is 2.56. The largest absolute Gasteiger partial charge is 0.378 e. The first-order chi connectivity index (χ1) is 10.5. The van der Waals surface area contributed by atoms with E-state index in [1.807, 2.05) is 18.9 Å². The Morgan fingerprint density at radius 3 is 2.68 bits per heavy atom. The number of carbonyl (C=O) groups is 1. The number of amides is 1. The molecule has 1 N–H and O–H groups in total. The van der Waals surface area contributed by atoms with Crippen molar-refractivity contribution in [2.75, 3.05) is 13.7 Å². The number of nitrogens with one attached hydrogen (secondary N) is 1. The lowest BCUT2D eigenvalue weighted by atomic mass is 9.60. The molecule has 0 saturated heterocycles. The molecule has 2 aliphatic rings. The lowest BCUT2D eigenvalue weighted by molar-refractivity contribution is -0.152. The summed E-state index contributed by atoms with van der Waals surface area (Å²) in [4.78, 5) is 17.4. The lowest BCUT2D eigenvalue weighted by Gasteiger charge is -2.56. The Morgan fingerprint density at radius 1 is 1.45 bits per heavy atom. The molecule has 4 nitrogen and oxygen atoms in total. The van der Waals surface area contributed by atoms with Crippen LogP contribution >= 0.6 is 23.2 Å². The molecule has 2 atom stereocenters. The molecule has 6 heteroatoms. The van der Waals surface area contributed by atoms with Gasteiger partial charge in [-0.05, 0) is 32.3 Å². The highest BCUT2D eigenvalue weighted by atomic mass is 35.5. The Balaban J connectivity index is 1.77. The molecule has 1 heterocycles. The minimum atomic E-state index is -0.0555. The summed E-state index contributed by atoms with van der Waals surface area (Å²) < 4.78 is 5.92. The molecule has 1 aromatic heterocycles. The van der Waals surface area contributed by atoms with Crippen LogP contribution in [0.2, 0.25) is 10.2 Å². The monoisotopic (exact) mass is 344 g/mol. The third kappa shape index (κ3) is 2.45. The van der Waals surface area contributed by atoms with Crippen LogP contribution in [0.15, 0.2) is 6.07 Å². The van der Waals surface area contributed by atoms with E-state index in [4.69, 9.17) is 27.9 Å². The Morgan fingerprint density at radius 2 is 2.14 bits per heavy atom. The number of nitrogens with zero attached hydrogens (tertiary/aromatic N) is 1. The Kier molecular flexibility index (Phi) is 4.45. The number of ether oxygens (including phenoxy) is 1. The van der Waals surface area contributed by atoms with Crippen LogP contribution in [0.3, 0.4) is 0 Å². The molecule has 1 amide bonds. The summed E-state index contributed by atoms with van der Waals surface area (Å²) in [6.45, 7) is 2.77. The van der Waals surface area contributed by atoms with Crippen molar-refractivity contribution in [1.29, 1.82) is 0 Å². The summed E-state index contributed by atoms with van der Waals surface area (Å²) in [7, 11) is 1.87. The number of carbonyl (C=O) groups excluding carboxylic acids is 1. The van der Waals surface area contributed by atoms with Crippen molar-refractivity contribution in [1.82, 2.24) is 9.88 Å². The average Bonchev–Trinajstić information content (AvgIpc) is 3.11. The summed E-state index contributed by atoms with van der Waals surface area (Å²) in [6.07, 6.45) is 5.94. The van der Waals surface area contributed by atoms with Crippen molar-refractivity contribution in [3.05, 3.63) is 21.9 Å². The van der Waals surface area contributed by atoms with Crippen LogP contribution < -0.4 is 0 Å². The van der Waals surface area contributed by atoms with Gasteiger partial charge in [-0.1, -0.05) is 36.0 Å². The molecule has 2 aliphatic carbocycles. The van der Waals surface area contributed by atoms with E-state index < -0.39 is 0 Å². The van der Waals surface area contributed by atoms with Crippen LogP contribution in [-0.2, 0) is 4.74 Å². The average molecular weight is 345 g/mol. The Hall–Kier alpha value is -0.710. The van der Waals surface area contributed by atoms with Crippen LogP contribution in [0, 0.1) is 5.41 Å². The van der Waals surface area contributed by atoms with Crippen LogP contribution in [0.4, 0.5) is 0 Å². The van der Waals surface area contributed by atoms with E-state index >= 15 is 0 Å². The van der Waals surface area contributed by atoms with Crippen molar-refractivity contribution >= 4 is 29.1 Å². The predicted octanol–water partition coefficient (Wildman–Crippen LogP) is 4.13. The second kappa shape index (κ2) is 6.06.